The lowest BCUT2D eigenvalue weighted by Crippen LogP contribution is -2.38. The number of para-hydroxylation sites is 1. The molecular weight excluding hydrogens is 340 g/mol. The molecule has 0 aromatic heterocycles. The van der Waals surface area contributed by atoms with Gasteiger partial charge in [-0.15, -0.1) is 0 Å². The third-order valence-corrected chi connectivity index (χ3v) is 4.83. The van der Waals surface area contributed by atoms with Gasteiger partial charge < -0.3 is 15.0 Å². The largest absolute Gasteiger partial charge is 0.484 e. The highest BCUT2D eigenvalue weighted by Crippen LogP contribution is 2.18. The number of nitrogens with one attached hydrogen (secondary N) is 1. The van der Waals surface area contributed by atoms with Crippen LogP contribution in [0.5, 0.6) is 5.75 Å². The van der Waals surface area contributed by atoms with Crippen molar-refractivity contribution in [3.05, 3.63) is 59.7 Å². The van der Waals surface area contributed by atoms with Gasteiger partial charge in [-0.2, -0.15) is 0 Å². The van der Waals surface area contributed by atoms with Gasteiger partial charge in [-0.05, 0) is 61.6 Å². The molecule has 1 aliphatic rings. The Bertz CT molecular complexity index is 780. The van der Waals surface area contributed by atoms with Gasteiger partial charge in [0.1, 0.15) is 5.75 Å². The maximum atomic E-state index is 12.5. The zero-order valence-corrected chi connectivity index (χ0v) is 15.7. The molecule has 2 aromatic carbocycles. The summed E-state index contributed by atoms with van der Waals surface area (Å²) in [5.41, 5.74) is 2.48. The Morgan fingerprint density at radius 2 is 1.70 bits per heavy atom. The van der Waals surface area contributed by atoms with E-state index in [-0.39, 0.29) is 18.4 Å². The monoisotopic (exact) mass is 366 g/mol. The molecule has 27 heavy (non-hydrogen) atoms. The van der Waals surface area contributed by atoms with Gasteiger partial charge in [-0.3, -0.25) is 9.59 Å². The first-order valence-corrected chi connectivity index (χ1v) is 9.57. The van der Waals surface area contributed by atoms with E-state index in [1.807, 2.05) is 29.2 Å². The molecule has 2 amide bonds. The van der Waals surface area contributed by atoms with Gasteiger partial charge in [0.05, 0.1) is 0 Å². The van der Waals surface area contributed by atoms with Crippen molar-refractivity contribution in [3.8, 4) is 5.75 Å². The van der Waals surface area contributed by atoms with Crippen molar-refractivity contribution in [3.63, 3.8) is 0 Å². The summed E-state index contributed by atoms with van der Waals surface area (Å²) in [7, 11) is 0. The van der Waals surface area contributed by atoms with Crippen molar-refractivity contribution in [2.45, 2.75) is 32.6 Å². The van der Waals surface area contributed by atoms with Crippen LogP contribution in [0.1, 0.15) is 42.1 Å². The Hall–Kier alpha value is -2.82. The number of piperidine rings is 1. The Morgan fingerprint density at radius 3 is 2.41 bits per heavy atom. The Balaban J connectivity index is 1.55. The molecule has 5 heteroatoms. The number of likely N-dealkylation sites (tertiary alicyclic amines) is 1. The zero-order valence-electron chi connectivity index (χ0n) is 15.7. The van der Waals surface area contributed by atoms with Crippen LogP contribution >= 0.6 is 0 Å². The van der Waals surface area contributed by atoms with Crippen LogP contribution in [0.4, 0.5) is 5.69 Å². The topological polar surface area (TPSA) is 58.6 Å². The highest BCUT2D eigenvalue weighted by Gasteiger charge is 2.17. The number of rotatable bonds is 6. The molecule has 0 radical (unpaired) electrons. The van der Waals surface area contributed by atoms with Crippen LogP contribution in [-0.4, -0.2) is 36.4 Å². The van der Waals surface area contributed by atoms with Gasteiger partial charge in [-0.1, -0.05) is 25.1 Å². The molecule has 1 saturated heterocycles. The van der Waals surface area contributed by atoms with Crippen LogP contribution in [-0.2, 0) is 11.2 Å². The molecule has 0 unspecified atom stereocenters. The first-order chi connectivity index (χ1) is 13.2. The SMILES string of the molecule is CCc1ccccc1NC(=O)c1ccc(OCC(=O)N2CCCCC2)cc1. The third-order valence-electron chi connectivity index (χ3n) is 4.83. The molecule has 1 aliphatic heterocycles. The molecule has 1 fully saturated rings. The predicted molar refractivity (Wildman–Crippen MR) is 106 cm³/mol. The fourth-order valence-electron chi connectivity index (χ4n) is 3.23. The second kappa shape index (κ2) is 9.21. The molecule has 0 spiro atoms. The third kappa shape index (κ3) is 5.09. The molecule has 1 N–H and O–H groups in total. The van der Waals surface area contributed by atoms with Crippen LogP contribution in [0.25, 0.3) is 0 Å². The lowest BCUT2D eigenvalue weighted by Gasteiger charge is -2.26. The highest BCUT2D eigenvalue weighted by atomic mass is 16.5. The second-order valence-electron chi connectivity index (χ2n) is 6.72. The van der Waals surface area contributed by atoms with Crippen molar-refractivity contribution < 1.29 is 14.3 Å². The first-order valence-electron chi connectivity index (χ1n) is 9.57. The van der Waals surface area contributed by atoms with E-state index in [1.54, 1.807) is 24.3 Å². The molecule has 142 valence electrons. The van der Waals surface area contributed by atoms with Gasteiger partial charge in [0.2, 0.25) is 0 Å². The number of nitrogens with zero attached hydrogens (tertiary/aromatic N) is 1. The molecule has 3 rings (SSSR count). The summed E-state index contributed by atoms with van der Waals surface area (Å²) in [4.78, 5) is 26.5. The van der Waals surface area contributed by atoms with Crippen LogP contribution < -0.4 is 10.1 Å². The van der Waals surface area contributed by atoms with Crippen molar-refractivity contribution in [2.75, 3.05) is 25.0 Å². The van der Waals surface area contributed by atoms with Crippen molar-refractivity contribution in [2.24, 2.45) is 0 Å². The predicted octanol–water partition coefficient (Wildman–Crippen LogP) is 3.89. The zero-order chi connectivity index (χ0) is 19.1. The lowest BCUT2D eigenvalue weighted by atomic mass is 10.1. The minimum Gasteiger partial charge on any atom is -0.484 e. The maximum absolute atomic E-state index is 12.5. The van der Waals surface area contributed by atoms with Crippen LogP contribution in [0.2, 0.25) is 0 Å². The van der Waals surface area contributed by atoms with Crippen molar-refractivity contribution >= 4 is 17.5 Å². The molecule has 0 saturated carbocycles. The first kappa shape index (κ1) is 19.0. The summed E-state index contributed by atoms with van der Waals surface area (Å²) < 4.78 is 5.59. The minimum atomic E-state index is -0.160. The average Bonchev–Trinajstić information content (AvgIpc) is 2.73. The number of amides is 2. The second-order valence-corrected chi connectivity index (χ2v) is 6.72. The summed E-state index contributed by atoms with van der Waals surface area (Å²) in [5.74, 6) is 0.449. The Morgan fingerprint density at radius 1 is 1.00 bits per heavy atom. The van der Waals surface area contributed by atoms with Crippen molar-refractivity contribution in [1.29, 1.82) is 0 Å². The summed E-state index contributed by atoms with van der Waals surface area (Å²) >= 11 is 0. The number of hydrogen-bond donors (Lipinski definition) is 1. The average molecular weight is 366 g/mol. The van der Waals surface area contributed by atoms with E-state index in [0.29, 0.717) is 11.3 Å². The lowest BCUT2D eigenvalue weighted by molar-refractivity contribution is -0.134. The molecular formula is C22H26N2O3. The number of hydrogen-bond acceptors (Lipinski definition) is 3. The fourth-order valence-corrected chi connectivity index (χ4v) is 3.23. The molecule has 1 heterocycles. The quantitative estimate of drug-likeness (QED) is 0.844. The van der Waals surface area contributed by atoms with Gasteiger partial charge in [0.25, 0.3) is 11.8 Å². The minimum absolute atomic E-state index is 0.0210. The van der Waals surface area contributed by atoms with E-state index < -0.39 is 0 Å². The number of aryl methyl sites for hydroxylation is 1. The van der Waals surface area contributed by atoms with Crippen LogP contribution in [0.15, 0.2) is 48.5 Å². The van der Waals surface area contributed by atoms with E-state index in [4.69, 9.17) is 4.74 Å². The van der Waals surface area contributed by atoms with E-state index in [1.165, 1.54) is 6.42 Å². The number of anilines is 1. The van der Waals surface area contributed by atoms with Gasteiger partial charge in [0, 0.05) is 24.3 Å². The molecule has 0 bridgehead atoms. The summed E-state index contributed by atoms with van der Waals surface area (Å²) in [6.45, 7) is 3.73. The van der Waals surface area contributed by atoms with E-state index >= 15 is 0 Å². The van der Waals surface area contributed by atoms with Crippen LogP contribution in [0, 0.1) is 0 Å². The van der Waals surface area contributed by atoms with E-state index in [2.05, 4.69) is 12.2 Å². The highest BCUT2D eigenvalue weighted by molar-refractivity contribution is 6.04. The number of carbonyl (C=O) groups is 2. The van der Waals surface area contributed by atoms with E-state index in [0.717, 1.165) is 43.6 Å². The van der Waals surface area contributed by atoms with Gasteiger partial charge in [-0.25, -0.2) is 0 Å². The van der Waals surface area contributed by atoms with E-state index in [9.17, 15) is 9.59 Å². The molecule has 5 nitrogen and oxygen atoms in total. The normalized spacial score (nSPS) is 13.9. The van der Waals surface area contributed by atoms with Crippen molar-refractivity contribution in [1.82, 2.24) is 4.90 Å². The Labute approximate surface area is 160 Å². The summed E-state index contributed by atoms with van der Waals surface area (Å²) in [6, 6.07) is 14.7. The summed E-state index contributed by atoms with van der Waals surface area (Å²) in [5, 5.41) is 2.95. The molecule has 0 aliphatic carbocycles. The van der Waals surface area contributed by atoms with Gasteiger partial charge in [0.15, 0.2) is 6.61 Å². The smallest absolute Gasteiger partial charge is 0.260 e. The number of ether oxygens (including phenoxy) is 1. The summed E-state index contributed by atoms with van der Waals surface area (Å²) in [6.07, 6.45) is 4.18. The fraction of sp³-hybridized carbons (Fsp3) is 0.364. The number of carbonyl (C=O) groups excluding carboxylic acids is 2. The maximum Gasteiger partial charge on any atom is 0.260 e. The van der Waals surface area contributed by atoms with Crippen LogP contribution in [0.3, 0.4) is 0 Å². The Kier molecular flexibility index (Phi) is 6.47. The molecule has 2 aromatic rings. The number of benzene rings is 2. The molecule has 0 atom stereocenters. The standard InChI is InChI=1S/C22H26N2O3/c1-2-17-8-4-5-9-20(17)23-22(26)18-10-12-19(13-11-18)27-16-21(25)24-14-6-3-7-15-24/h4-5,8-13H,2-3,6-7,14-16H2,1H3,(H,23,26). The van der Waals surface area contributed by atoms with Gasteiger partial charge >= 0.3 is 0 Å².